The zero-order chi connectivity index (χ0) is 20.6. The monoisotopic (exact) mass is 386 g/mol. The number of ether oxygens (including phenoxy) is 2. The fraction of sp³-hybridized carbons (Fsp3) is 0.300. The fourth-order valence-electron chi connectivity index (χ4n) is 1.91. The maximum atomic E-state index is 11.8. The Labute approximate surface area is 164 Å². The number of carbonyl (C=O) groups excluding carboxylic acids is 2. The van der Waals surface area contributed by atoms with E-state index in [0.29, 0.717) is 23.8 Å². The third-order valence-electron chi connectivity index (χ3n) is 3.19. The zero-order valence-corrected chi connectivity index (χ0v) is 16.1. The minimum absolute atomic E-state index is 0.127. The topological polar surface area (TPSA) is 116 Å². The summed E-state index contributed by atoms with van der Waals surface area (Å²) in [5.41, 5.74) is 5.62. The predicted molar refractivity (Wildman–Crippen MR) is 107 cm³/mol. The third kappa shape index (κ3) is 9.91. The highest BCUT2D eigenvalue weighted by Crippen LogP contribution is 2.10. The Morgan fingerprint density at radius 3 is 2.18 bits per heavy atom. The lowest BCUT2D eigenvalue weighted by Gasteiger charge is -2.08. The number of anilines is 2. The van der Waals surface area contributed by atoms with Crippen molar-refractivity contribution >= 4 is 23.6 Å². The molecule has 150 valence electrons. The van der Waals surface area contributed by atoms with Gasteiger partial charge in [-0.1, -0.05) is 12.1 Å². The number of hydrogen-bond donors (Lipinski definition) is 2. The van der Waals surface area contributed by atoms with Gasteiger partial charge in [0.05, 0.1) is 18.8 Å². The Kier molecular flexibility index (Phi) is 11.1. The molecule has 0 atom stereocenters. The first-order valence-electron chi connectivity index (χ1n) is 8.92. The van der Waals surface area contributed by atoms with Gasteiger partial charge >= 0.3 is 11.9 Å². The van der Waals surface area contributed by atoms with Gasteiger partial charge in [0.1, 0.15) is 11.6 Å². The van der Waals surface area contributed by atoms with Crippen LogP contribution in [0.25, 0.3) is 0 Å². The van der Waals surface area contributed by atoms with Crippen molar-refractivity contribution in [3.05, 3.63) is 60.6 Å². The highest BCUT2D eigenvalue weighted by molar-refractivity contribution is 5.89. The van der Waals surface area contributed by atoms with Crippen molar-refractivity contribution in [3.8, 4) is 0 Å². The quantitative estimate of drug-likeness (QED) is 0.525. The highest BCUT2D eigenvalue weighted by Gasteiger charge is 2.13. The highest BCUT2D eigenvalue weighted by atomic mass is 16.5. The van der Waals surface area contributed by atoms with Gasteiger partial charge in [0, 0.05) is 25.0 Å². The molecule has 0 radical (unpaired) electrons. The van der Waals surface area contributed by atoms with Gasteiger partial charge < -0.3 is 20.5 Å². The molecule has 2 aromatic rings. The van der Waals surface area contributed by atoms with Crippen molar-refractivity contribution in [2.24, 2.45) is 0 Å². The Morgan fingerprint density at radius 1 is 1.00 bits per heavy atom. The van der Waals surface area contributed by atoms with Crippen LogP contribution in [0, 0.1) is 0 Å². The van der Waals surface area contributed by atoms with Gasteiger partial charge in [-0.25, -0.2) is 14.8 Å². The number of nitrogens with two attached hydrogens (primary N) is 1. The van der Waals surface area contributed by atoms with E-state index in [9.17, 15) is 9.59 Å². The molecule has 0 unspecified atom stereocenters. The summed E-state index contributed by atoms with van der Waals surface area (Å²) in [5, 5.41) is 2.91. The summed E-state index contributed by atoms with van der Waals surface area (Å²) in [7, 11) is 0. The van der Waals surface area contributed by atoms with E-state index < -0.39 is 5.97 Å². The Balaban J connectivity index is 0.000000467. The lowest BCUT2D eigenvalue weighted by molar-refractivity contribution is -0.143. The van der Waals surface area contributed by atoms with Crippen LogP contribution in [-0.2, 0) is 19.1 Å². The summed E-state index contributed by atoms with van der Waals surface area (Å²) >= 11 is 0. The SMILES string of the molecule is CCOC(=O)CCC(=CNc1ccccn1)C(=O)OCC.Nc1ccccn1. The molecule has 8 nitrogen and oxygen atoms in total. The Hall–Kier alpha value is -3.42. The van der Waals surface area contributed by atoms with Crippen LogP contribution in [0.4, 0.5) is 11.6 Å². The van der Waals surface area contributed by atoms with Crippen LogP contribution in [0.3, 0.4) is 0 Å². The molecule has 0 aliphatic rings. The summed E-state index contributed by atoms with van der Waals surface area (Å²) in [4.78, 5) is 31.0. The van der Waals surface area contributed by atoms with Gasteiger partial charge in [-0.15, -0.1) is 0 Å². The smallest absolute Gasteiger partial charge is 0.335 e. The molecule has 0 bridgehead atoms. The second-order valence-electron chi connectivity index (χ2n) is 5.31. The number of carbonyl (C=O) groups is 2. The number of pyridine rings is 2. The van der Waals surface area contributed by atoms with Crippen LogP contribution in [0.2, 0.25) is 0 Å². The summed E-state index contributed by atoms with van der Waals surface area (Å²) in [5.74, 6) is 0.383. The summed E-state index contributed by atoms with van der Waals surface area (Å²) in [6.07, 6.45) is 5.19. The van der Waals surface area contributed by atoms with Crippen molar-refractivity contribution in [1.29, 1.82) is 0 Å². The fourth-order valence-corrected chi connectivity index (χ4v) is 1.91. The van der Waals surface area contributed by atoms with Gasteiger partial charge in [-0.3, -0.25) is 4.79 Å². The Bertz CT molecular complexity index is 736. The third-order valence-corrected chi connectivity index (χ3v) is 3.19. The molecular formula is C20H26N4O4. The second kappa shape index (κ2) is 13.7. The van der Waals surface area contributed by atoms with Crippen LogP contribution in [-0.4, -0.2) is 35.1 Å². The van der Waals surface area contributed by atoms with E-state index in [1.807, 2.05) is 18.2 Å². The molecule has 0 aliphatic heterocycles. The molecule has 0 saturated carbocycles. The molecular weight excluding hydrogens is 360 g/mol. The maximum Gasteiger partial charge on any atom is 0.335 e. The predicted octanol–water partition coefficient (Wildman–Crippen LogP) is 2.95. The molecule has 0 saturated heterocycles. The molecule has 0 aliphatic carbocycles. The van der Waals surface area contributed by atoms with E-state index >= 15 is 0 Å². The van der Waals surface area contributed by atoms with E-state index in [1.54, 1.807) is 44.4 Å². The summed E-state index contributed by atoms with van der Waals surface area (Å²) < 4.78 is 9.81. The van der Waals surface area contributed by atoms with E-state index in [-0.39, 0.29) is 25.4 Å². The van der Waals surface area contributed by atoms with Crippen molar-refractivity contribution < 1.29 is 19.1 Å². The molecule has 2 rings (SSSR count). The number of esters is 2. The number of nitrogen functional groups attached to an aromatic ring is 1. The van der Waals surface area contributed by atoms with Crippen molar-refractivity contribution in [2.45, 2.75) is 26.7 Å². The molecule has 3 N–H and O–H groups in total. The molecule has 2 aromatic heterocycles. The number of rotatable bonds is 8. The van der Waals surface area contributed by atoms with Gasteiger partial charge in [-0.05, 0) is 44.5 Å². The number of hydrogen-bond acceptors (Lipinski definition) is 8. The lowest BCUT2D eigenvalue weighted by atomic mass is 10.1. The standard InChI is InChI=1S/C15H20N2O4.C5H6N2/c1-3-20-14(18)9-8-12(15(19)21-4-2)11-17-13-7-5-6-10-16-13;6-5-3-1-2-4-7-5/h5-7,10-11H,3-4,8-9H2,1-2H3,(H,16,17);1-4H,(H2,6,7). The van der Waals surface area contributed by atoms with Crippen molar-refractivity contribution in [2.75, 3.05) is 24.3 Å². The molecule has 28 heavy (non-hydrogen) atoms. The minimum Gasteiger partial charge on any atom is -0.466 e. The number of nitrogens with one attached hydrogen (secondary N) is 1. The molecule has 0 aromatic carbocycles. The summed E-state index contributed by atoms with van der Waals surface area (Å²) in [6, 6.07) is 10.8. The second-order valence-corrected chi connectivity index (χ2v) is 5.31. The average molecular weight is 386 g/mol. The first kappa shape index (κ1) is 22.6. The van der Waals surface area contributed by atoms with E-state index in [0.717, 1.165) is 0 Å². The van der Waals surface area contributed by atoms with Crippen LogP contribution in [0.15, 0.2) is 60.6 Å². The van der Waals surface area contributed by atoms with Crippen molar-refractivity contribution in [3.63, 3.8) is 0 Å². The minimum atomic E-state index is -0.453. The van der Waals surface area contributed by atoms with Crippen LogP contribution >= 0.6 is 0 Å². The Morgan fingerprint density at radius 2 is 1.68 bits per heavy atom. The molecule has 0 fully saturated rings. The normalized spacial score (nSPS) is 10.3. The van der Waals surface area contributed by atoms with E-state index in [4.69, 9.17) is 15.2 Å². The first-order chi connectivity index (χ1) is 13.6. The van der Waals surface area contributed by atoms with Crippen LogP contribution in [0.5, 0.6) is 0 Å². The van der Waals surface area contributed by atoms with Gasteiger partial charge in [0.15, 0.2) is 0 Å². The van der Waals surface area contributed by atoms with Crippen molar-refractivity contribution in [1.82, 2.24) is 9.97 Å². The van der Waals surface area contributed by atoms with Crippen LogP contribution in [0.1, 0.15) is 26.7 Å². The largest absolute Gasteiger partial charge is 0.466 e. The van der Waals surface area contributed by atoms with E-state index in [1.165, 1.54) is 6.20 Å². The van der Waals surface area contributed by atoms with Gasteiger partial charge in [0.2, 0.25) is 0 Å². The molecule has 0 amide bonds. The van der Waals surface area contributed by atoms with Gasteiger partial charge in [0.25, 0.3) is 0 Å². The number of aromatic nitrogens is 2. The zero-order valence-electron chi connectivity index (χ0n) is 16.1. The molecule has 8 heteroatoms. The lowest BCUT2D eigenvalue weighted by Crippen LogP contribution is -2.12. The van der Waals surface area contributed by atoms with Gasteiger partial charge in [-0.2, -0.15) is 0 Å². The number of nitrogens with zero attached hydrogens (tertiary/aromatic N) is 2. The molecule has 2 heterocycles. The average Bonchev–Trinajstić information content (AvgIpc) is 2.70. The molecule has 0 spiro atoms. The van der Waals surface area contributed by atoms with Crippen LogP contribution < -0.4 is 11.1 Å². The summed E-state index contributed by atoms with van der Waals surface area (Å²) in [6.45, 7) is 4.07. The first-order valence-corrected chi connectivity index (χ1v) is 8.92. The van der Waals surface area contributed by atoms with E-state index in [2.05, 4.69) is 15.3 Å². The maximum absolute atomic E-state index is 11.8.